The Morgan fingerprint density at radius 1 is 1.12 bits per heavy atom. The molecular weight excluding hydrogens is 428 g/mol. The number of rotatable bonds is 8. The van der Waals surface area contributed by atoms with Gasteiger partial charge in [0.05, 0.1) is 25.2 Å². The van der Waals surface area contributed by atoms with Gasteiger partial charge in [-0.05, 0) is 54.9 Å². The normalized spacial score (nSPS) is 24.8. The lowest BCUT2D eigenvalue weighted by Crippen LogP contribution is -2.28. The second-order valence-corrected chi connectivity index (χ2v) is 9.21. The van der Waals surface area contributed by atoms with Crippen molar-refractivity contribution in [1.82, 2.24) is 5.01 Å². The highest BCUT2D eigenvalue weighted by Crippen LogP contribution is 2.52. The summed E-state index contributed by atoms with van der Waals surface area (Å²) < 4.78 is 11.8. The van der Waals surface area contributed by atoms with Crippen LogP contribution in [0.25, 0.3) is 0 Å². The fourth-order valence-corrected chi connectivity index (χ4v) is 5.46. The Balaban J connectivity index is 1.38. The van der Waals surface area contributed by atoms with E-state index in [1.54, 1.807) is 25.5 Å². The molecule has 0 unspecified atom stereocenters. The first kappa shape index (κ1) is 22.1. The van der Waals surface area contributed by atoms with Crippen molar-refractivity contribution in [3.8, 4) is 11.5 Å². The number of hydrazone groups is 1. The summed E-state index contributed by atoms with van der Waals surface area (Å²) in [7, 11) is 1.59. The zero-order valence-electron chi connectivity index (χ0n) is 19.4. The summed E-state index contributed by atoms with van der Waals surface area (Å²) in [5.41, 5.74) is 3.85. The molecule has 0 N–H and O–H groups in total. The van der Waals surface area contributed by atoms with Crippen molar-refractivity contribution in [2.24, 2.45) is 28.8 Å². The van der Waals surface area contributed by atoms with Crippen LogP contribution in [0.2, 0.25) is 0 Å². The second-order valence-electron chi connectivity index (χ2n) is 9.21. The van der Waals surface area contributed by atoms with Gasteiger partial charge in [-0.15, -0.1) is 6.58 Å². The van der Waals surface area contributed by atoms with Crippen molar-refractivity contribution in [3.63, 3.8) is 0 Å². The van der Waals surface area contributed by atoms with E-state index < -0.39 is 0 Å². The van der Waals surface area contributed by atoms with Gasteiger partial charge in [0.2, 0.25) is 0 Å². The Labute approximate surface area is 199 Å². The summed E-state index contributed by atoms with van der Waals surface area (Å²) in [6, 6.07) is 11.9. The number of allylic oxidation sites excluding steroid dienone is 3. The monoisotopic (exact) mass is 456 g/mol. The molecule has 3 aliphatic rings. The topological polar surface area (TPSA) is 68.2 Å². The quantitative estimate of drug-likeness (QED) is 0.334. The molecule has 2 aromatic rings. The molecule has 2 amide bonds. The molecule has 2 fully saturated rings. The molecule has 2 aromatic carbocycles. The molecule has 0 aromatic heterocycles. The molecule has 2 bridgehead atoms. The summed E-state index contributed by atoms with van der Waals surface area (Å²) in [5, 5.41) is 5.36. The molecule has 34 heavy (non-hydrogen) atoms. The van der Waals surface area contributed by atoms with Gasteiger partial charge in [0.15, 0.2) is 11.5 Å². The van der Waals surface area contributed by atoms with Crippen LogP contribution in [0.5, 0.6) is 11.5 Å². The molecule has 2 aliphatic carbocycles. The first-order chi connectivity index (χ1) is 16.5. The zero-order chi connectivity index (χ0) is 23.8. The lowest BCUT2D eigenvalue weighted by Gasteiger charge is -2.16. The maximum Gasteiger partial charge on any atom is 0.254 e. The van der Waals surface area contributed by atoms with Crippen LogP contribution >= 0.6 is 0 Å². The van der Waals surface area contributed by atoms with E-state index >= 15 is 0 Å². The van der Waals surface area contributed by atoms with Crippen LogP contribution in [-0.4, -0.2) is 30.1 Å². The van der Waals surface area contributed by atoms with Crippen LogP contribution in [0.3, 0.4) is 0 Å². The zero-order valence-corrected chi connectivity index (χ0v) is 19.4. The largest absolute Gasteiger partial charge is 0.493 e. The van der Waals surface area contributed by atoms with Crippen LogP contribution in [-0.2, 0) is 22.6 Å². The number of benzene rings is 2. The van der Waals surface area contributed by atoms with Crippen molar-refractivity contribution < 1.29 is 19.1 Å². The van der Waals surface area contributed by atoms with Gasteiger partial charge < -0.3 is 9.47 Å². The van der Waals surface area contributed by atoms with Gasteiger partial charge in [-0.25, -0.2) is 0 Å². The Hall–Kier alpha value is -3.67. The predicted octanol–water partition coefficient (Wildman–Crippen LogP) is 4.45. The van der Waals surface area contributed by atoms with E-state index in [4.69, 9.17) is 9.47 Å². The minimum atomic E-state index is -0.261. The number of methoxy groups -OCH3 is 1. The molecular formula is C28H28N2O4. The van der Waals surface area contributed by atoms with Crippen molar-refractivity contribution in [1.29, 1.82) is 0 Å². The highest BCUT2D eigenvalue weighted by molar-refractivity contribution is 6.06. The molecule has 6 nitrogen and oxygen atoms in total. The van der Waals surface area contributed by atoms with E-state index in [2.05, 4.69) is 29.9 Å². The minimum absolute atomic E-state index is 0.163. The van der Waals surface area contributed by atoms with Crippen molar-refractivity contribution in [2.45, 2.75) is 26.4 Å². The predicted molar refractivity (Wildman–Crippen MR) is 130 cm³/mol. The Bertz CT molecular complexity index is 1180. The van der Waals surface area contributed by atoms with Crippen LogP contribution in [0.15, 0.2) is 66.3 Å². The highest BCUT2D eigenvalue weighted by Gasteiger charge is 2.59. The van der Waals surface area contributed by atoms with Gasteiger partial charge in [-0.1, -0.05) is 48.1 Å². The smallest absolute Gasteiger partial charge is 0.254 e. The Morgan fingerprint density at radius 3 is 2.50 bits per heavy atom. The first-order valence-electron chi connectivity index (χ1n) is 11.6. The number of ether oxygens (including phenoxy) is 2. The Kier molecular flexibility index (Phi) is 5.82. The van der Waals surface area contributed by atoms with E-state index in [0.717, 1.165) is 28.1 Å². The number of hydrogen-bond acceptors (Lipinski definition) is 5. The summed E-state index contributed by atoms with van der Waals surface area (Å²) in [6.45, 7) is 6.32. The molecule has 5 rings (SSSR count). The molecule has 1 saturated carbocycles. The van der Waals surface area contributed by atoms with E-state index in [-0.39, 0.29) is 35.5 Å². The number of aryl methyl sites for hydroxylation is 1. The van der Waals surface area contributed by atoms with Crippen LogP contribution < -0.4 is 9.47 Å². The molecule has 6 heteroatoms. The van der Waals surface area contributed by atoms with Crippen molar-refractivity contribution >= 4 is 18.0 Å². The molecule has 1 aliphatic heterocycles. The fraction of sp³-hybridized carbons (Fsp3) is 0.321. The summed E-state index contributed by atoms with van der Waals surface area (Å²) in [4.78, 5) is 25.8. The second kappa shape index (κ2) is 8.93. The first-order valence-corrected chi connectivity index (χ1v) is 11.6. The van der Waals surface area contributed by atoms with Crippen molar-refractivity contribution in [3.05, 3.63) is 83.5 Å². The van der Waals surface area contributed by atoms with Gasteiger partial charge in [-0.2, -0.15) is 10.1 Å². The van der Waals surface area contributed by atoms with Gasteiger partial charge in [0.25, 0.3) is 11.8 Å². The standard InChI is InChI=1S/C28H28N2O4/c1-4-6-22-12-19(13-23(33-3)26(22)34-16-18-8-5-7-17(2)11-18)15-29-30-27(31)24-20-9-10-21(14-20)25(24)28(30)32/h4-5,7-13,15,20-21,24-25H,1,6,14,16H2,2-3H3/t20-,21-,24-,25+/m0/s1. The fourth-order valence-electron chi connectivity index (χ4n) is 5.46. The van der Waals surface area contributed by atoms with Gasteiger partial charge in [0, 0.05) is 5.56 Å². The van der Waals surface area contributed by atoms with Gasteiger partial charge in [-0.3, -0.25) is 9.59 Å². The summed E-state index contributed by atoms with van der Waals surface area (Å²) in [6.07, 6.45) is 8.97. The lowest BCUT2D eigenvalue weighted by molar-refractivity contribution is -0.140. The molecule has 0 radical (unpaired) electrons. The van der Waals surface area contributed by atoms with Crippen LogP contribution in [0.4, 0.5) is 0 Å². The minimum Gasteiger partial charge on any atom is -0.493 e. The molecule has 4 atom stereocenters. The maximum atomic E-state index is 12.9. The molecule has 1 heterocycles. The van der Waals surface area contributed by atoms with E-state index in [0.29, 0.717) is 24.5 Å². The number of amides is 2. The highest BCUT2D eigenvalue weighted by atomic mass is 16.5. The number of imide groups is 1. The third-order valence-corrected chi connectivity index (χ3v) is 6.97. The van der Waals surface area contributed by atoms with Crippen LogP contribution in [0.1, 0.15) is 28.7 Å². The number of nitrogens with zero attached hydrogens (tertiary/aromatic N) is 2. The lowest BCUT2D eigenvalue weighted by atomic mass is 9.85. The summed E-state index contributed by atoms with van der Waals surface area (Å²) in [5.74, 6) is 0.620. The molecule has 174 valence electrons. The number of carbonyl (C=O) groups is 2. The van der Waals surface area contributed by atoms with Crippen LogP contribution in [0, 0.1) is 30.6 Å². The third kappa shape index (κ3) is 3.83. The number of carbonyl (C=O) groups excluding carboxylic acids is 2. The average molecular weight is 457 g/mol. The Morgan fingerprint density at radius 2 is 1.85 bits per heavy atom. The third-order valence-electron chi connectivity index (χ3n) is 6.97. The van der Waals surface area contributed by atoms with Gasteiger partial charge >= 0.3 is 0 Å². The maximum absolute atomic E-state index is 12.9. The van der Waals surface area contributed by atoms with Gasteiger partial charge in [0.1, 0.15) is 6.61 Å². The molecule has 1 saturated heterocycles. The SMILES string of the molecule is C=CCc1cc(C=NN2C(=O)[C@@H]3[C@H](C2=O)[C@H]2C=C[C@H]3C2)cc(OC)c1OCc1cccc(C)c1. The van der Waals surface area contributed by atoms with Crippen molar-refractivity contribution in [2.75, 3.05) is 7.11 Å². The van der Waals surface area contributed by atoms with E-state index in [1.165, 1.54) is 5.56 Å². The van der Waals surface area contributed by atoms with E-state index in [1.807, 2.05) is 31.2 Å². The summed E-state index contributed by atoms with van der Waals surface area (Å²) >= 11 is 0. The number of hydrogen-bond donors (Lipinski definition) is 0. The van der Waals surface area contributed by atoms with E-state index in [9.17, 15) is 9.59 Å². The average Bonchev–Trinajstić information content (AvgIpc) is 3.51. The molecule has 0 spiro atoms. The number of fused-ring (bicyclic) bond motifs is 5.